The first-order chi connectivity index (χ1) is 17.3. The van der Waals surface area contributed by atoms with Crippen LogP contribution in [0.2, 0.25) is 0 Å². The average Bonchev–Trinajstić information content (AvgIpc) is 2.88. The molecule has 10 heteroatoms. The largest absolute Gasteiger partial charge is 0.494 e. The molecular weight excluding hydrogens is 480 g/mol. The minimum Gasteiger partial charge on any atom is -0.494 e. The summed E-state index contributed by atoms with van der Waals surface area (Å²) in [7, 11) is -4.06. The van der Waals surface area contributed by atoms with Gasteiger partial charge in [0.25, 0.3) is 15.9 Å². The topological polar surface area (TPSA) is 121 Å². The van der Waals surface area contributed by atoms with E-state index in [0.29, 0.717) is 29.4 Å². The van der Waals surface area contributed by atoms with Gasteiger partial charge in [-0.15, -0.1) is 0 Å². The molecule has 0 spiro atoms. The summed E-state index contributed by atoms with van der Waals surface area (Å²) in [6.45, 7) is 3.66. The zero-order chi connectivity index (χ0) is 26.0. The van der Waals surface area contributed by atoms with Crippen LogP contribution in [0.4, 0.5) is 5.69 Å². The molecule has 0 saturated carbocycles. The van der Waals surface area contributed by atoms with Crippen LogP contribution >= 0.6 is 0 Å². The zero-order valence-electron chi connectivity index (χ0n) is 19.9. The van der Waals surface area contributed by atoms with Gasteiger partial charge in [-0.2, -0.15) is 10.4 Å². The molecule has 9 nitrogen and oxygen atoms in total. The number of ether oxygens (including phenoxy) is 2. The lowest BCUT2D eigenvalue weighted by Crippen LogP contribution is -2.39. The van der Waals surface area contributed by atoms with Crippen molar-refractivity contribution in [3.8, 4) is 17.6 Å². The van der Waals surface area contributed by atoms with E-state index in [2.05, 4.69) is 10.5 Å². The number of nitrogens with zero attached hydrogens (tertiary/aromatic N) is 3. The maximum atomic E-state index is 13.5. The molecule has 0 aromatic heterocycles. The van der Waals surface area contributed by atoms with Gasteiger partial charge in [0.15, 0.2) is 6.61 Å². The van der Waals surface area contributed by atoms with Crippen molar-refractivity contribution < 1.29 is 22.7 Å². The van der Waals surface area contributed by atoms with Crippen molar-refractivity contribution in [3.63, 3.8) is 0 Å². The van der Waals surface area contributed by atoms with Gasteiger partial charge in [0.05, 0.1) is 23.4 Å². The van der Waals surface area contributed by atoms with E-state index in [1.165, 1.54) is 18.3 Å². The van der Waals surface area contributed by atoms with Gasteiger partial charge in [-0.25, -0.2) is 13.8 Å². The Hall–Kier alpha value is -4.36. The van der Waals surface area contributed by atoms with Gasteiger partial charge in [0, 0.05) is 0 Å². The number of carbonyl (C=O) groups excluding carboxylic acids is 1. The highest BCUT2D eigenvalue weighted by Crippen LogP contribution is 2.25. The summed E-state index contributed by atoms with van der Waals surface area (Å²) in [5.74, 6) is 0.469. The minimum atomic E-state index is -4.06. The van der Waals surface area contributed by atoms with E-state index in [1.54, 1.807) is 60.7 Å². The van der Waals surface area contributed by atoms with Gasteiger partial charge in [0.2, 0.25) is 0 Å². The third-order valence-electron chi connectivity index (χ3n) is 4.92. The molecule has 0 saturated heterocycles. The molecule has 0 aliphatic rings. The number of amides is 1. The molecule has 3 aromatic carbocycles. The summed E-state index contributed by atoms with van der Waals surface area (Å²) in [5, 5.41) is 12.5. The summed E-state index contributed by atoms with van der Waals surface area (Å²) >= 11 is 0. The first-order valence-electron chi connectivity index (χ1n) is 11.1. The Balaban J connectivity index is 1.76. The number of sulfonamides is 1. The number of nitriles is 1. The van der Waals surface area contributed by atoms with Crippen LogP contribution in [0.15, 0.2) is 82.8 Å². The Bertz CT molecular complexity index is 1330. The van der Waals surface area contributed by atoms with Crippen molar-refractivity contribution in [2.24, 2.45) is 5.10 Å². The summed E-state index contributed by atoms with van der Waals surface area (Å²) in [5.41, 5.74) is 4.35. The third-order valence-corrected chi connectivity index (χ3v) is 6.71. The second-order valence-electron chi connectivity index (χ2n) is 7.56. The van der Waals surface area contributed by atoms with Crippen LogP contribution in [0.1, 0.15) is 18.1 Å². The molecule has 0 bridgehead atoms. The van der Waals surface area contributed by atoms with Crippen molar-refractivity contribution in [1.82, 2.24) is 5.43 Å². The van der Waals surface area contributed by atoms with Crippen LogP contribution in [0.25, 0.3) is 0 Å². The second kappa shape index (κ2) is 12.4. The maximum absolute atomic E-state index is 13.5. The van der Waals surface area contributed by atoms with Crippen molar-refractivity contribution in [3.05, 3.63) is 83.9 Å². The van der Waals surface area contributed by atoms with Gasteiger partial charge in [-0.3, -0.25) is 9.10 Å². The van der Waals surface area contributed by atoms with E-state index in [-0.39, 0.29) is 11.5 Å². The fourth-order valence-electron chi connectivity index (χ4n) is 3.14. The molecule has 186 valence electrons. The van der Waals surface area contributed by atoms with E-state index in [0.717, 1.165) is 9.87 Å². The van der Waals surface area contributed by atoms with Crippen molar-refractivity contribution >= 4 is 27.8 Å². The van der Waals surface area contributed by atoms with Crippen molar-refractivity contribution in [2.75, 3.05) is 24.1 Å². The molecular formula is C26H26N4O5S. The molecule has 0 unspecified atom stereocenters. The molecule has 0 heterocycles. The standard InChI is InChI=1S/C26H26N4O5S/c1-3-34-23-12-14-25(15-13-23)36(32,33)30(22-8-4-20(2)5-9-22)19-26(31)29-28-18-21-6-10-24(11-7-21)35-17-16-27/h4-15,18H,3,17,19H2,1-2H3,(H,29,31)/b28-18-. The Morgan fingerprint density at radius 2 is 1.61 bits per heavy atom. The highest BCUT2D eigenvalue weighted by Gasteiger charge is 2.27. The molecule has 1 N–H and O–H groups in total. The average molecular weight is 507 g/mol. The first-order valence-corrected chi connectivity index (χ1v) is 12.5. The smallest absolute Gasteiger partial charge is 0.264 e. The number of nitrogens with one attached hydrogen (secondary N) is 1. The Labute approximate surface area is 210 Å². The van der Waals surface area contributed by atoms with Crippen LogP contribution < -0.4 is 19.2 Å². The maximum Gasteiger partial charge on any atom is 0.264 e. The van der Waals surface area contributed by atoms with Crippen LogP contribution in [0.3, 0.4) is 0 Å². The quantitative estimate of drug-likeness (QED) is 0.313. The monoisotopic (exact) mass is 506 g/mol. The number of rotatable bonds is 11. The SMILES string of the molecule is CCOc1ccc(S(=O)(=O)N(CC(=O)N/N=C\c2ccc(OCC#N)cc2)c2ccc(C)cc2)cc1. The Morgan fingerprint density at radius 1 is 1.00 bits per heavy atom. The number of hydrogen-bond acceptors (Lipinski definition) is 7. The van der Waals surface area contributed by atoms with Crippen LogP contribution in [-0.2, 0) is 14.8 Å². The molecule has 3 rings (SSSR count). The molecule has 0 aliphatic heterocycles. The number of hydrazone groups is 1. The normalized spacial score (nSPS) is 11.0. The zero-order valence-corrected chi connectivity index (χ0v) is 20.7. The van der Waals surface area contributed by atoms with E-state index >= 15 is 0 Å². The van der Waals surface area contributed by atoms with Gasteiger partial charge in [-0.1, -0.05) is 17.7 Å². The van der Waals surface area contributed by atoms with Crippen molar-refractivity contribution in [2.45, 2.75) is 18.7 Å². The predicted molar refractivity (Wildman–Crippen MR) is 137 cm³/mol. The number of hydrogen-bond donors (Lipinski definition) is 1. The van der Waals surface area contributed by atoms with Crippen LogP contribution in [-0.4, -0.2) is 40.3 Å². The summed E-state index contributed by atoms with van der Waals surface area (Å²) in [6, 6.07) is 21.5. The van der Waals surface area contributed by atoms with Crippen LogP contribution in [0.5, 0.6) is 11.5 Å². The summed E-state index contributed by atoms with van der Waals surface area (Å²) in [6.07, 6.45) is 1.42. The fourth-order valence-corrected chi connectivity index (χ4v) is 4.56. The lowest BCUT2D eigenvalue weighted by molar-refractivity contribution is -0.119. The number of anilines is 1. The van der Waals surface area contributed by atoms with Gasteiger partial charge >= 0.3 is 0 Å². The fraction of sp³-hybridized carbons (Fsp3) is 0.192. The van der Waals surface area contributed by atoms with Crippen LogP contribution in [0, 0.1) is 18.3 Å². The lowest BCUT2D eigenvalue weighted by Gasteiger charge is -2.24. The molecule has 0 atom stereocenters. The third kappa shape index (κ3) is 7.07. The predicted octanol–water partition coefficient (Wildman–Crippen LogP) is 3.64. The number of benzene rings is 3. The second-order valence-corrected chi connectivity index (χ2v) is 9.42. The van der Waals surface area contributed by atoms with E-state index in [9.17, 15) is 13.2 Å². The van der Waals surface area contributed by atoms with Gasteiger partial charge in [0.1, 0.15) is 24.1 Å². The highest BCUT2D eigenvalue weighted by atomic mass is 32.2. The number of aryl methyl sites for hydroxylation is 1. The van der Waals surface area contributed by atoms with E-state index < -0.39 is 22.5 Å². The van der Waals surface area contributed by atoms with E-state index in [4.69, 9.17) is 14.7 Å². The van der Waals surface area contributed by atoms with Crippen molar-refractivity contribution in [1.29, 1.82) is 5.26 Å². The molecule has 3 aromatic rings. The number of carbonyl (C=O) groups is 1. The highest BCUT2D eigenvalue weighted by molar-refractivity contribution is 7.92. The Morgan fingerprint density at radius 3 is 2.22 bits per heavy atom. The van der Waals surface area contributed by atoms with Gasteiger partial charge in [-0.05, 0) is 80.1 Å². The molecule has 1 amide bonds. The first kappa shape index (κ1) is 26.2. The van der Waals surface area contributed by atoms with Gasteiger partial charge < -0.3 is 9.47 Å². The molecule has 0 radical (unpaired) electrons. The Kier molecular flexibility index (Phi) is 9.02. The minimum absolute atomic E-state index is 0.0292. The van der Waals surface area contributed by atoms with E-state index in [1.807, 2.05) is 19.9 Å². The molecule has 0 aliphatic carbocycles. The lowest BCUT2D eigenvalue weighted by atomic mass is 10.2. The molecule has 0 fully saturated rings. The molecule has 36 heavy (non-hydrogen) atoms. The summed E-state index contributed by atoms with van der Waals surface area (Å²) < 4.78 is 38.5. The summed E-state index contributed by atoms with van der Waals surface area (Å²) in [4.78, 5) is 12.7.